The summed E-state index contributed by atoms with van der Waals surface area (Å²) in [6, 6.07) is 5.26. The molecule has 0 aliphatic carbocycles. The molecule has 0 fully saturated rings. The maximum atomic E-state index is 12.1. The summed E-state index contributed by atoms with van der Waals surface area (Å²) in [6.45, 7) is 2.07. The number of amides is 1. The fourth-order valence-electron chi connectivity index (χ4n) is 1.71. The van der Waals surface area contributed by atoms with E-state index in [4.69, 9.17) is 9.47 Å². The highest BCUT2D eigenvalue weighted by molar-refractivity contribution is 9.11. The molecule has 0 saturated heterocycles. The van der Waals surface area contributed by atoms with Crippen LogP contribution in [0.25, 0.3) is 0 Å². The zero-order valence-electron chi connectivity index (χ0n) is 9.90. The zero-order chi connectivity index (χ0) is 13.4. The maximum Gasteiger partial charge on any atom is 0.276 e. The number of hydrogen-bond acceptors (Lipinski definition) is 5. The molecule has 1 N–H and O–H groups in total. The first-order chi connectivity index (χ1) is 9.13. The lowest BCUT2D eigenvalue weighted by Crippen LogP contribution is -2.12. The third-order valence-corrected chi connectivity index (χ3v) is 4.16. The van der Waals surface area contributed by atoms with Gasteiger partial charge in [0.05, 0.1) is 5.01 Å². The summed E-state index contributed by atoms with van der Waals surface area (Å²) >= 11 is 4.76. The smallest absolute Gasteiger partial charge is 0.276 e. The number of ether oxygens (including phenoxy) is 2. The van der Waals surface area contributed by atoms with Crippen molar-refractivity contribution in [2.75, 3.05) is 12.1 Å². The van der Waals surface area contributed by atoms with Gasteiger partial charge in [-0.15, -0.1) is 11.3 Å². The van der Waals surface area contributed by atoms with E-state index < -0.39 is 0 Å². The molecule has 19 heavy (non-hydrogen) atoms. The van der Waals surface area contributed by atoms with Crippen LogP contribution in [0.4, 0.5) is 5.69 Å². The normalized spacial score (nSPS) is 12.5. The Hall–Kier alpha value is -1.60. The third kappa shape index (κ3) is 2.43. The van der Waals surface area contributed by atoms with Crippen LogP contribution in [0.3, 0.4) is 0 Å². The number of anilines is 1. The van der Waals surface area contributed by atoms with E-state index in [1.54, 1.807) is 18.2 Å². The van der Waals surface area contributed by atoms with Gasteiger partial charge in [0.25, 0.3) is 5.91 Å². The van der Waals surface area contributed by atoms with Crippen LogP contribution in [0.5, 0.6) is 11.5 Å². The van der Waals surface area contributed by atoms with E-state index in [1.165, 1.54) is 11.3 Å². The minimum absolute atomic E-state index is 0.212. The van der Waals surface area contributed by atoms with Crippen LogP contribution in [-0.4, -0.2) is 17.7 Å². The van der Waals surface area contributed by atoms with E-state index in [9.17, 15) is 4.79 Å². The van der Waals surface area contributed by atoms with Crippen LogP contribution in [-0.2, 0) is 0 Å². The van der Waals surface area contributed by atoms with Gasteiger partial charge in [-0.05, 0) is 35.0 Å². The van der Waals surface area contributed by atoms with Crippen molar-refractivity contribution in [1.82, 2.24) is 4.98 Å². The molecule has 0 atom stereocenters. The van der Waals surface area contributed by atoms with Crippen LogP contribution in [0, 0.1) is 6.92 Å². The number of thiazole rings is 1. The predicted molar refractivity (Wildman–Crippen MR) is 75.1 cm³/mol. The maximum absolute atomic E-state index is 12.1. The van der Waals surface area contributed by atoms with Gasteiger partial charge in [0.15, 0.2) is 17.2 Å². The van der Waals surface area contributed by atoms with Crippen molar-refractivity contribution < 1.29 is 14.3 Å². The van der Waals surface area contributed by atoms with Crippen molar-refractivity contribution >= 4 is 38.9 Å². The Balaban J connectivity index is 1.81. The Morgan fingerprint density at radius 2 is 2.21 bits per heavy atom. The summed E-state index contributed by atoms with van der Waals surface area (Å²) in [4.78, 5) is 16.3. The molecular weight excluding hydrogens is 332 g/mol. The Morgan fingerprint density at radius 1 is 1.42 bits per heavy atom. The van der Waals surface area contributed by atoms with Crippen LogP contribution < -0.4 is 14.8 Å². The first-order valence-corrected chi connectivity index (χ1v) is 7.08. The number of rotatable bonds is 2. The molecule has 0 radical (unpaired) electrons. The van der Waals surface area contributed by atoms with E-state index in [0.29, 0.717) is 22.9 Å². The van der Waals surface area contributed by atoms with Crippen LogP contribution >= 0.6 is 27.3 Å². The molecule has 1 aromatic carbocycles. The van der Waals surface area contributed by atoms with Crippen molar-refractivity contribution in [1.29, 1.82) is 0 Å². The zero-order valence-corrected chi connectivity index (χ0v) is 12.3. The first-order valence-electron chi connectivity index (χ1n) is 5.47. The van der Waals surface area contributed by atoms with E-state index in [0.717, 1.165) is 8.79 Å². The van der Waals surface area contributed by atoms with Gasteiger partial charge < -0.3 is 14.8 Å². The van der Waals surface area contributed by atoms with E-state index >= 15 is 0 Å². The Kier molecular flexibility index (Phi) is 3.16. The highest BCUT2D eigenvalue weighted by Gasteiger charge is 2.17. The Bertz CT molecular complexity index is 656. The van der Waals surface area contributed by atoms with E-state index in [1.807, 2.05) is 6.92 Å². The molecule has 5 nitrogen and oxygen atoms in total. The summed E-state index contributed by atoms with van der Waals surface area (Å²) in [5.41, 5.74) is 1.03. The number of nitrogens with zero attached hydrogens (tertiary/aromatic N) is 1. The second-order valence-electron chi connectivity index (χ2n) is 3.88. The molecule has 0 saturated carbocycles. The fraction of sp³-hybridized carbons (Fsp3) is 0.167. The van der Waals surface area contributed by atoms with Gasteiger partial charge in [-0.25, -0.2) is 4.98 Å². The van der Waals surface area contributed by atoms with Gasteiger partial charge in [-0.3, -0.25) is 4.79 Å². The lowest BCUT2D eigenvalue weighted by Gasteiger charge is -2.04. The van der Waals surface area contributed by atoms with Crippen LogP contribution in [0.1, 0.15) is 15.5 Å². The van der Waals surface area contributed by atoms with E-state index in [-0.39, 0.29) is 12.7 Å². The summed E-state index contributed by atoms with van der Waals surface area (Å²) in [6.07, 6.45) is 0. The molecule has 1 aliphatic rings. The van der Waals surface area contributed by atoms with Gasteiger partial charge in [0, 0.05) is 11.8 Å². The van der Waals surface area contributed by atoms with Gasteiger partial charge in [0.1, 0.15) is 3.79 Å². The molecule has 2 heterocycles. The summed E-state index contributed by atoms with van der Waals surface area (Å²) in [5, 5.41) is 3.62. The summed E-state index contributed by atoms with van der Waals surface area (Å²) < 4.78 is 11.2. The molecule has 2 aromatic rings. The predicted octanol–water partition coefficient (Wildman–Crippen LogP) is 3.20. The minimum atomic E-state index is -0.255. The van der Waals surface area contributed by atoms with Crippen LogP contribution in [0.2, 0.25) is 0 Å². The number of aromatic nitrogens is 1. The Labute approximate surface area is 121 Å². The second-order valence-corrected chi connectivity index (χ2v) is 6.40. The number of nitrogens with one attached hydrogen (secondary N) is 1. The highest BCUT2D eigenvalue weighted by Crippen LogP contribution is 2.34. The number of benzene rings is 1. The molecule has 98 valence electrons. The highest BCUT2D eigenvalue weighted by atomic mass is 79.9. The number of hydrogen-bond donors (Lipinski definition) is 1. The second kappa shape index (κ2) is 4.82. The molecule has 1 aromatic heterocycles. The molecule has 0 unspecified atom stereocenters. The minimum Gasteiger partial charge on any atom is -0.454 e. The third-order valence-electron chi connectivity index (χ3n) is 2.54. The average Bonchev–Trinajstić information content (AvgIpc) is 2.94. The van der Waals surface area contributed by atoms with Gasteiger partial charge in [-0.2, -0.15) is 0 Å². The van der Waals surface area contributed by atoms with E-state index in [2.05, 4.69) is 26.2 Å². The van der Waals surface area contributed by atoms with Gasteiger partial charge in [0.2, 0.25) is 6.79 Å². The average molecular weight is 341 g/mol. The fourth-order valence-corrected chi connectivity index (χ4v) is 3.31. The standard InChI is InChI=1S/C12H9BrN2O3S/c1-6-14-10(11(13)19-6)12(16)15-7-2-3-8-9(4-7)18-5-17-8/h2-4H,5H2,1H3,(H,15,16). The monoisotopic (exact) mass is 340 g/mol. The summed E-state index contributed by atoms with van der Waals surface area (Å²) in [5.74, 6) is 1.06. The lowest BCUT2D eigenvalue weighted by molar-refractivity contribution is 0.102. The molecule has 7 heteroatoms. The van der Waals surface area contributed by atoms with Crippen molar-refractivity contribution in [2.45, 2.75) is 6.92 Å². The molecule has 3 rings (SSSR count). The topological polar surface area (TPSA) is 60.5 Å². The number of fused-ring (bicyclic) bond motifs is 1. The number of carbonyl (C=O) groups is 1. The molecule has 0 bridgehead atoms. The van der Waals surface area contributed by atoms with Crippen molar-refractivity contribution in [3.05, 3.63) is 32.7 Å². The quantitative estimate of drug-likeness (QED) is 0.911. The SMILES string of the molecule is Cc1nc(C(=O)Nc2ccc3c(c2)OCO3)c(Br)s1. The number of aryl methyl sites for hydroxylation is 1. The van der Waals surface area contributed by atoms with Gasteiger partial charge in [-0.1, -0.05) is 0 Å². The number of carbonyl (C=O) groups excluding carboxylic acids is 1. The lowest BCUT2D eigenvalue weighted by atomic mass is 10.2. The molecular formula is C12H9BrN2O3S. The largest absolute Gasteiger partial charge is 0.454 e. The number of halogens is 1. The first kappa shape index (κ1) is 12.4. The summed E-state index contributed by atoms with van der Waals surface area (Å²) in [7, 11) is 0. The van der Waals surface area contributed by atoms with Crippen molar-refractivity contribution in [3.63, 3.8) is 0 Å². The molecule has 1 aliphatic heterocycles. The van der Waals surface area contributed by atoms with Gasteiger partial charge >= 0.3 is 0 Å². The van der Waals surface area contributed by atoms with Crippen LogP contribution in [0.15, 0.2) is 22.0 Å². The molecule has 1 amide bonds. The van der Waals surface area contributed by atoms with Crippen molar-refractivity contribution in [3.8, 4) is 11.5 Å². The molecule has 0 spiro atoms. The van der Waals surface area contributed by atoms with Crippen molar-refractivity contribution in [2.24, 2.45) is 0 Å². The Morgan fingerprint density at radius 3 is 2.95 bits per heavy atom.